The van der Waals surface area contributed by atoms with Crippen LogP contribution < -0.4 is 0 Å². The first-order valence-electron chi connectivity index (χ1n) is 3.07. The van der Waals surface area contributed by atoms with Gasteiger partial charge in [-0.2, -0.15) is 17.5 Å². The van der Waals surface area contributed by atoms with Gasteiger partial charge < -0.3 is 0 Å². The minimum absolute atomic E-state index is 0. The second-order valence-electron chi connectivity index (χ2n) is 2.15. The molecule has 0 atom stereocenters. The van der Waals surface area contributed by atoms with E-state index in [1.165, 1.54) is 10.8 Å². The van der Waals surface area contributed by atoms with Crippen molar-refractivity contribution >= 4 is 48.0 Å². The van der Waals surface area contributed by atoms with Gasteiger partial charge in [0, 0.05) is 18.6 Å². The van der Waals surface area contributed by atoms with E-state index in [9.17, 15) is 0 Å². The van der Waals surface area contributed by atoms with Gasteiger partial charge in [0.05, 0.1) is 0 Å². The van der Waals surface area contributed by atoms with Gasteiger partial charge in [-0.05, 0) is 0 Å². The van der Waals surface area contributed by atoms with Crippen LogP contribution in [0.5, 0.6) is 0 Å². The zero-order chi connectivity index (χ0) is 6.10. The summed E-state index contributed by atoms with van der Waals surface area (Å²) in [5, 5.41) is 2.66. The van der Waals surface area contributed by atoms with E-state index in [0.29, 0.717) is 0 Å². The largest absolute Gasteiger partial charge is 0.168 e. The predicted octanol–water partition coefficient (Wildman–Crippen LogP) is 3.82. The van der Waals surface area contributed by atoms with Crippen LogP contribution in [0, 0.1) is 0 Å². The fourth-order valence-electron chi connectivity index (χ4n) is 1.07. The smallest absolute Gasteiger partial charge is 0 e. The molecule has 0 saturated heterocycles. The number of benzene rings is 1. The maximum atomic E-state index is 2.12. The molecule has 2 aromatic carbocycles. The van der Waals surface area contributed by atoms with Crippen molar-refractivity contribution in [3.63, 3.8) is 0 Å². The molecule has 0 heterocycles. The Labute approximate surface area is 109 Å². The Morgan fingerprint density at radius 2 is 1.46 bits per heavy atom. The molecular formula is C9H10Cl3V-. The molecule has 0 aromatic heterocycles. The maximum Gasteiger partial charge on any atom is 0 e. The first-order valence-corrected chi connectivity index (χ1v) is 3.07. The zero-order valence-electron chi connectivity index (χ0n) is 6.71. The molecular weight excluding hydrogens is 265 g/mol. The summed E-state index contributed by atoms with van der Waals surface area (Å²) in [7, 11) is 0. The Balaban J connectivity index is -0.000000250. The Bertz CT molecular complexity index is 289. The molecule has 0 nitrogen and oxygen atoms in total. The average Bonchev–Trinajstić information content (AvgIpc) is 2.33. The van der Waals surface area contributed by atoms with E-state index in [1.54, 1.807) is 0 Å². The average molecular weight is 275 g/mol. The van der Waals surface area contributed by atoms with E-state index in [2.05, 4.69) is 42.5 Å². The molecule has 0 aliphatic heterocycles. The number of hydrogen-bond donors (Lipinski definition) is 0. The molecule has 2 rings (SSSR count). The summed E-state index contributed by atoms with van der Waals surface area (Å²) < 4.78 is 0. The molecule has 0 amide bonds. The van der Waals surface area contributed by atoms with E-state index in [0.717, 1.165) is 0 Å². The van der Waals surface area contributed by atoms with Crippen molar-refractivity contribution in [1.82, 2.24) is 0 Å². The van der Waals surface area contributed by atoms with Crippen LogP contribution >= 0.6 is 37.2 Å². The van der Waals surface area contributed by atoms with Crippen molar-refractivity contribution in [3.05, 3.63) is 42.5 Å². The quantitative estimate of drug-likeness (QED) is 0.641. The monoisotopic (exact) mass is 274 g/mol. The van der Waals surface area contributed by atoms with Gasteiger partial charge >= 0.3 is 0 Å². The van der Waals surface area contributed by atoms with Crippen LogP contribution in [0.4, 0.5) is 0 Å². The van der Waals surface area contributed by atoms with Crippen molar-refractivity contribution in [2.75, 3.05) is 0 Å². The van der Waals surface area contributed by atoms with Crippen molar-refractivity contribution in [3.8, 4) is 0 Å². The van der Waals surface area contributed by atoms with E-state index < -0.39 is 0 Å². The Hall–Kier alpha value is 0.284. The van der Waals surface area contributed by atoms with Gasteiger partial charge in [0.15, 0.2) is 0 Å². The topological polar surface area (TPSA) is 0 Å². The molecule has 0 aliphatic carbocycles. The molecule has 13 heavy (non-hydrogen) atoms. The second kappa shape index (κ2) is 8.86. The van der Waals surface area contributed by atoms with Crippen LogP contribution in [-0.2, 0) is 18.6 Å². The van der Waals surface area contributed by atoms with Crippen LogP contribution in [-0.4, -0.2) is 0 Å². The summed E-state index contributed by atoms with van der Waals surface area (Å²) in [6.45, 7) is 0. The van der Waals surface area contributed by atoms with Crippen molar-refractivity contribution in [1.29, 1.82) is 0 Å². The van der Waals surface area contributed by atoms with Crippen LogP contribution in [0.3, 0.4) is 0 Å². The molecule has 0 bridgehead atoms. The van der Waals surface area contributed by atoms with Gasteiger partial charge in [0.2, 0.25) is 0 Å². The van der Waals surface area contributed by atoms with Crippen LogP contribution in [0.25, 0.3) is 10.8 Å². The van der Waals surface area contributed by atoms with Gasteiger partial charge in [-0.3, -0.25) is 0 Å². The minimum atomic E-state index is 0. The minimum Gasteiger partial charge on any atom is -0.168 e. The fourth-order valence-corrected chi connectivity index (χ4v) is 1.07. The first-order chi connectivity index (χ1) is 4.47. The second-order valence-corrected chi connectivity index (χ2v) is 2.15. The van der Waals surface area contributed by atoms with Crippen molar-refractivity contribution < 1.29 is 18.6 Å². The molecule has 0 saturated carbocycles. The molecule has 0 unspecified atom stereocenters. The van der Waals surface area contributed by atoms with Gasteiger partial charge in [-0.25, -0.2) is 0 Å². The fraction of sp³-hybridized carbons (Fsp3) is 0. The molecule has 0 aliphatic rings. The summed E-state index contributed by atoms with van der Waals surface area (Å²) in [6.07, 6.45) is 0. The summed E-state index contributed by atoms with van der Waals surface area (Å²) in [4.78, 5) is 0. The van der Waals surface area contributed by atoms with Crippen LogP contribution in [0.15, 0.2) is 42.5 Å². The number of hydrogen-bond acceptors (Lipinski definition) is 0. The third-order valence-electron chi connectivity index (χ3n) is 1.55. The van der Waals surface area contributed by atoms with E-state index in [-0.39, 0.29) is 55.8 Å². The van der Waals surface area contributed by atoms with Crippen molar-refractivity contribution in [2.24, 2.45) is 0 Å². The molecule has 0 spiro atoms. The molecule has 2 aromatic rings. The molecule has 0 fully saturated rings. The third-order valence-corrected chi connectivity index (χ3v) is 1.55. The maximum absolute atomic E-state index is 2.12. The Kier molecular flexibility index (Phi) is 12.9. The zero-order valence-corrected chi connectivity index (χ0v) is 10.6. The van der Waals surface area contributed by atoms with Gasteiger partial charge in [0.25, 0.3) is 0 Å². The molecule has 0 N–H and O–H groups in total. The summed E-state index contributed by atoms with van der Waals surface area (Å²) >= 11 is 0. The summed E-state index contributed by atoms with van der Waals surface area (Å²) in [6, 6.07) is 14.7. The standard InChI is InChI=1S/C9H7.3ClH.V/c1-2-5-9-7-3-6-8(9)4-1;;;;/h1-7H;3*1H;/q-1;;;;. The number of fused-ring (bicyclic) bond motifs is 1. The van der Waals surface area contributed by atoms with E-state index >= 15 is 0 Å². The number of halogens is 3. The normalized spacial score (nSPS) is 7.08. The summed E-state index contributed by atoms with van der Waals surface area (Å²) in [5.41, 5.74) is 0. The third kappa shape index (κ3) is 4.35. The van der Waals surface area contributed by atoms with Gasteiger partial charge in [-0.1, -0.05) is 6.07 Å². The molecule has 4 heteroatoms. The van der Waals surface area contributed by atoms with Crippen LogP contribution in [0.1, 0.15) is 0 Å². The van der Waals surface area contributed by atoms with Gasteiger partial charge in [-0.15, -0.1) is 66.9 Å². The summed E-state index contributed by atoms with van der Waals surface area (Å²) in [5.74, 6) is 0. The van der Waals surface area contributed by atoms with Crippen LogP contribution in [0.2, 0.25) is 0 Å². The number of rotatable bonds is 0. The van der Waals surface area contributed by atoms with Crippen molar-refractivity contribution in [2.45, 2.75) is 0 Å². The van der Waals surface area contributed by atoms with E-state index in [1.807, 2.05) is 0 Å². The molecule has 73 valence electrons. The van der Waals surface area contributed by atoms with E-state index in [4.69, 9.17) is 0 Å². The first kappa shape index (κ1) is 19.0. The predicted molar refractivity (Wildman–Crippen MR) is 61.3 cm³/mol. The Morgan fingerprint density at radius 1 is 0.846 bits per heavy atom. The van der Waals surface area contributed by atoms with Gasteiger partial charge in [0.1, 0.15) is 0 Å². The SMILES string of the molecule is Cl.Cl.Cl.[V].c1ccc2[cH-]ccc2c1. The molecule has 1 radical (unpaired) electrons. The Morgan fingerprint density at radius 3 is 2.08 bits per heavy atom.